The standard InChI is InChI=1S/C22H27NO4/c1-25-19-10-9-18(15-20(19)26-2)22(24)23-13-11-17(12-14-23)21(27-3)16-7-5-4-6-8-16/h4-10,15,17,21H,11-14H2,1-3H3. The highest BCUT2D eigenvalue weighted by Crippen LogP contribution is 2.34. The molecule has 2 aromatic carbocycles. The number of likely N-dealkylation sites (tertiary alicyclic amines) is 1. The molecule has 0 aliphatic carbocycles. The predicted octanol–water partition coefficient (Wildman–Crippen LogP) is 3.94. The molecule has 1 amide bonds. The maximum Gasteiger partial charge on any atom is 0.253 e. The van der Waals surface area contributed by atoms with E-state index in [1.54, 1.807) is 39.5 Å². The van der Waals surface area contributed by atoms with Crippen molar-refractivity contribution in [2.75, 3.05) is 34.4 Å². The van der Waals surface area contributed by atoms with E-state index in [1.807, 2.05) is 23.1 Å². The summed E-state index contributed by atoms with van der Waals surface area (Å²) in [5.41, 5.74) is 1.82. The number of hydrogen-bond donors (Lipinski definition) is 0. The van der Waals surface area contributed by atoms with Crippen LogP contribution in [0.15, 0.2) is 48.5 Å². The molecule has 1 saturated heterocycles. The number of piperidine rings is 1. The van der Waals surface area contributed by atoms with Gasteiger partial charge in [0, 0.05) is 25.8 Å². The van der Waals surface area contributed by atoms with Gasteiger partial charge in [-0.25, -0.2) is 0 Å². The van der Waals surface area contributed by atoms with Crippen molar-refractivity contribution in [3.63, 3.8) is 0 Å². The number of carbonyl (C=O) groups excluding carboxylic acids is 1. The Morgan fingerprint density at radius 2 is 1.63 bits per heavy atom. The Bertz CT molecular complexity index is 754. The lowest BCUT2D eigenvalue weighted by molar-refractivity contribution is 0.0195. The van der Waals surface area contributed by atoms with Crippen LogP contribution in [0.5, 0.6) is 11.5 Å². The van der Waals surface area contributed by atoms with E-state index in [4.69, 9.17) is 14.2 Å². The number of rotatable bonds is 6. The molecule has 1 heterocycles. The number of ether oxygens (including phenoxy) is 3. The lowest BCUT2D eigenvalue weighted by atomic mass is 9.87. The van der Waals surface area contributed by atoms with E-state index in [0.717, 1.165) is 25.9 Å². The van der Waals surface area contributed by atoms with Gasteiger partial charge in [0.05, 0.1) is 20.3 Å². The van der Waals surface area contributed by atoms with Crippen molar-refractivity contribution in [3.8, 4) is 11.5 Å². The van der Waals surface area contributed by atoms with Gasteiger partial charge in [-0.2, -0.15) is 0 Å². The summed E-state index contributed by atoms with van der Waals surface area (Å²) in [6, 6.07) is 15.6. The molecule has 5 nitrogen and oxygen atoms in total. The van der Waals surface area contributed by atoms with Crippen molar-refractivity contribution in [2.45, 2.75) is 18.9 Å². The van der Waals surface area contributed by atoms with Crippen molar-refractivity contribution >= 4 is 5.91 Å². The first-order chi connectivity index (χ1) is 13.2. The first-order valence-corrected chi connectivity index (χ1v) is 9.27. The zero-order valence-electron chi connectivity index (χ0n) is 16.2. The molecule has 0 aromatic heterocycles. The second-order valence-corrected chi connectivity index (χ2v) is 6.77. The largest absolute Gasteiger partial charge is 0.493 e. The smallest absolute Gasteiger partial charge is 0.253 e. The third-order valence-electron chi connectivity index (χ3n) is 5.27. The zero-order chi connectivity index (χ0) is 19.2. The topological polar surface area (TPSA) is 48.0 Å². The van der Waals surface area contributed by atoms with Gasteiger partial charge in [-0.1, -0.05) is 30.3 Å². The number of carbonyl (C=O) groups is 1. The Labute approximate surface area is 160 Å². The zero-order valence-corrected chi connectivity index (χ0v) is 16.2. The highest BCUT2D eigenvalue weighted by atomic mass is 16.5. The molecule has 27 heavy (non-hydrogen) atoms. The van der Waals surface area contributed by atoms with Crippen molar-refractivity contribution in [1.29, 1.82) is 0 Å². The van der Waals surface area contributed by atoms with Crippen molar-refractivity contribution in [2.24, 2.45) is 5.92 Å². The molecule has 0 radical (unpaired) electrons. The molecule has 2 aromatic rings. The Hall–Kier alpha value is -2.53. The molecule has 1 aliphatic heterocycles. The van der Waals surface area contributed by atoms with Crippen LogP contribution in [-0.4, -0.2) is 45.2 Å². The quantitative estimate of drug-likeness (QED) is 0.774. The van der Waals surface area contributed by atoms with Crippen LogP contribution < -0.4 is 9.47 Å². The molecular weight excluding hydrogens is 342 g/mol. The Morgan fingerprint density at radius 1 is 0.963 bits per heavy atom. The van der Waals surface area contributed by atoms with Gasteiger partial charge in [-0.05, 0) is 42.5 Å². The first kappa shape index (κ1) is 19.2. The fourth-order valence-electron chi connectivity index (χ4n) is 3.80. The number of benzene rings is 2. The minimum Gasteiger partial charge on any atom is -0.493 e. The maximum absolute atomic E-state index is 12.9. The van der Waals surface area contributed by atoms with E-state index in [2.05, 4.69) is 12.1 Å². The average Bonchev–Trinajstić information content (AvgIpc) is 2.74. The molecule has 1 aliphatic rings. The summed E-state index contributed by atoms with van der Waals surface area (Å²) >= 11 is 0. The summed E-state index contributed by atoms with van der Waals surface area (Å²) in [7, 11) is 4.92. The van der Waals surface area contributed by atoms with Crippen LogP contribution in [0.1, 0.15) is 34.9 Å². The third kappa shape index (κ3) is 4.25. The van der Waals surface area contributed by atoms with Crippen LogP contribution in [0.4, 0.5) is 0 Å². The molecule has 3 rings (SSSR count). The second kappa shape index (κ2) is 8.91. The first-order valence-electron chi connectivity index (χ1n) is 9.27. The number of amides is 1. The molecule has 0 spiro atoms. The van der Waals surface area contributed by atoms with Gasteiger partial charge in [0.1, 0.15) is 0 Å². The molecule has 0 N–H and O–H groups in total. The van der Waals surface area contributed by atoms with Crippen molar-refractivity contribution in [3.05, 3.63) is 59.7 Å². The molecule has 0 bridgehead atoms. The molecular formula is C22H27NO4. The molecule has 1 fully saturated rings. The van der Waals surface area contributed by atoms with Crippen molar-refractivity contribution in [1.82, 2.24) is 4.90 Å². The van der Waals surface area contributed by atoms with Gasteiger partial charge >= 0.3 is 0 Å². The fourth-order valence-corrected chi connectivity index (χ4v) is 3.80. The molecule has 5 heteroatoms. The van der Waals surface area contributed by atoms with E-state index in [0.29, 0.717) is 23.0 Å². The molecule has 0 saturated carbocycles. The summed E-state index contributed by atoms with van der Waals surface area (Å²) in [4.78, 5) is 14.8. The lowest BCUT2D eigenvalue weighted by Crippen LogP contribution is -2.40. The van der Waals surface area contributed by atoms with Crippen LogP contribution in [-0.2, 0) is 4.74 Å². The molecule has 1 unspecified atom stereocenters. The third-order valence-corrected chi connectivity index (χ3v) is 5.27. The van der Waals surface area contributed by atoms with E-state index in [-0.39, 0.29) is 12.0 Å². The lowest BCUT2D eigenvalue weighted by Gasteiger charge is -2.35. The Morgan fingerprint density at radius 3 is 2.22 bits per heavy atom. The SMILES string of the molecule is COc1ccc(C(=O)N2CCC(C(OC)c3ccccc3)CC2)cc1OC. The highest BCUT2D eigenvalue weighted by Gasteiger charge is 2.30. The van der Waals surface area contributed by atoms with Gasteiger partial charge in [-0.3, -0.25) is 4.79 Å². The molecule has 144 valence electrons. The van der Waals surface area contributed by atoms with Crippen molar-refractivity contribution < 1.29 is 19.0 Å². The average molecular weight is 369 g/mol. The van der Waals surface area contributed by atoms with Crippen LogP contribution >= 0.6 is 0 Å². The van der Waals surface area contributed by atoms with E-state index >= 15 is 0 Å². The van der Waals surface area contributed by atoms with Gasteiger partial charge in [0.25, 0.3) is 5.91 Å². The van der Waals surface area contributed by atoms with Crippen LogP contribution in [0.2, 0.25) is 0 Å². The minimum absolute atomic E-state index is 0.0306. The summed E-state index contributed by atoms with van der Waals surface area (Å²) in [5, 5.41) is 0. The van der Waals surface area contributed by atoms with Crippen LogP contribution in [0.3, 0.4) is 0 Å². The number of nitrogens with zero attached hydrogens (tertiary/aromatic N) is 1. The summed E-state index contributed by atoms with van der Waals surface area (Å²) < 4.78 is 16.3. The summed E-state index contributed by atoms with van der Waals surface area (Å²) in [6.45, 7) is 1.45. The van der Waals surface area contributed by atoms with Gasteiger partial charge in [0.2, 0.25) is 0 Å². The second-order valence-electron chi connectivity index (χ2n) is 6.77. The molecule has 1 atom stereocenters. The number of hydrogen-bond acceptors (Lipinski definition) is 4. The maximum atomic E-state index is 12.9. The summed E-state index contributed by atoms with van der Waals surface area (Å²) in [6.07, 6.45) is 1.92. The monoisotopic (exact) mass is 369 g/mol. The summed E-state index contributed by atoms with van der Waals surface area (Å²) in [5.74, 6) is 1.63. The van der Waals surface area contributed by atoms with E-state index in [1.165, 1.54) is 5.56 Å². The Kier molecular flexibility index (Phi) is 6.35. The Balaban J connectivity index is 1.66. The van der Waals surface area contributed by atoms with E-state index in [9.17, 15) is 4.79 Å². The minimum atomic E-state index is 0.0306. The fraction of sp³-hybridized carbons (Fsp3) is 0.409. The normalized spacial score (nSPS) is 16.0. The highest BCUT2D eigenvalue weighted by molar-refractivity contribution is 5.95. The van der Waals surface area contributed by atoms with Gasteiger partial charge in [0.15, 0.2) is 11.5 Å². The number of methoxy groups -OCH3 is 3. The van der Waals surface area contributed by atoms with Gasteiger partial charge in [-0.15, -0.1) is 0 Å². The van der Waals surface area contributed by atoms with E-state index < -0.39 is 0 Å². The predicted molar refractivity (Wildman–Crippen MR) is 104 cm³/mol. The van der Waals surface area contributed by atoms with Gasteiger partial charge < -0.3 is 19.1 Å². The van der Waals surface area contributed by atoms with Crippen LogP contribution in [0.25, 0.3) is 0 Å². The van der Waals surface area contributed by atoms with Crippen LogP contribution in [0, 0.1) is 5.92 Å².